The summed E-state index contributed by atoms with van der Waals surface area (Å²) in [4.78, 5) is 19.5. The molecular weight excluding hydrogens is 434 g/mol. The highest BCUT2D eigenvalue weighted by Crippen LogP contribution is 2.57. The van der Waals surface area contributed by atoms with Crippen molar-refractivity contribution in [2.24, 2.45) is 5.73 Å². The minimum atomic E-state index is -0.401. The van der Waals surface area contributed by atoms with E-state index in [1.165, 1.54) is 28.5 Å². The Morgan fingerprint density at radius 1 is 1.23 bits per heavy atom. The number of pyridine rings is 1. The van der Waals surface area contributed by atoms with E-state index in [9.17, 15) is 4.79 Å². The summed E-state index contributed by atoms with van der Waals surface area (Å²) in [6.45, 7) is 3.76. The van der Waals surface area contributed by atoms with E-state index in [2.05, 4.69) is 42.3 Å². The third-order valence-electron chi connectivity index (χ3n) is 8.44. The van der Waals surface area contributed by atoms with Crippen molar-refractivity contribution in [3.8, 4) is 5.75 Å². The summed E-state index contributed by atoms with van der Waals surface area (Å²) in [5.41, 5.74) is 13.4. The second-order valence-electron chi connectivity index (χ2n) is 10.5. The number of nitrogens with zero attached hydrogens (tertiary/aromatic N) is 2. The Labute approximate surface area is 207 Å². The molecular formula is C30H33N3O2. The number of likely N-dealkylation sites (N-methyl/N-ethyl adjacent to an activating group) is 1. The van der Waals surface area contributed by atoms with Gasteiger partial charge in [-0.05, 0) is 117 Å². The summed E-state index contributed by atoms with van der Waals surface area (Å²) in [6, 6.07) is 13.2. The third-order valence-corrected chi connectivity index (χ3v) is 8.44. The first-order valence-corrected chi connectivity index (χ1v) is 12.8. The molecule has 0 spiro atoms. The number of hydrogen-bond donors (Lipinski definition) is 1. The molecule has 35 heavy (non-hydrogen) atoms. The second-order valence-corrected chi connectivity index (χ2v) is 10.5. The van der Waals surface area contributed by atoms with Crippen molar-refractivity contribution < 1.29 is 9.53 Å². The highest BCUT2D eigenvalue weighted by Gasteiger charge is 2.48. The Balaban J connectivity index is 1.48. The normalized spacial score (nSPS) is 21.0. The number of ether oxygens (including phenoxy) is 1. The average molecular weight is 468 g/mol. The van der Waals surface area contributed by atoms with Gasteiger partial charge in [-0.1, -0.05) is 12.1 Å². The zero-order valence-electron chi connectivity index (χ0n) is 20.6. The van der Waals surface area contributed by atoms with E-state index < -0.39 is 5.91 Å². The molecule has 2 heterocycles. The molecule has 1 aromatic heterocycles. The molecule has 1 unspecified atom stereocenters. The van der Waals surface area contributed by atoms with Gasteiger partial charge >= 0.3 is 0 Å². The van der Waals surface area contributed by atoms with Crippen LogP contribution in [0.15, 0.2) is 48.7 Å². The van der Waals surface area contributed by atoms with Crippen LogP contribution in [0.3, 0.4) is 0 Å². The van der Waals surface area contributed by atoms with Crippen LogP contribution in [-0.2, 0) is 5.41 Å². The second kappa shape index (κ2) is 8.49. The Kier molecular flexibility index (Phi) is 5.41. The molecule has 5 heteroatoms. The molecule has 1 atom stereocenters. The lowest BCUT2D eigenvalue weighted by Crippen LogP contribution is -2.48. The van der Waals surface area contributed by atoms with Crippen molar-refractivity contribution in [2.45, 2.75) is 56.9 Å². The van der Waals surface area contributed by atoms with Crippen LogP contribution in [0.25, 0.3) is 16.5 Å². The van der Waals surface area contributed by atoms with Crippen LogP contribution in [-0.4, -0.2) is 42.0 Å². The smallest absolute Gasteiger partial charge is 0.249 e. The van der Waals surface area contributed by atoms with Crippen LogP contribution in [0.2, 0.25) is 0 Å². The maximum atomic E-state index is 12.4. The average Bonchev–Trinajstić information content (AvgIpc) is 3.47. The number of benzene rings is 2. The van der Waals surface area contributed by atoms with Crippen molar-refractivity contribution in [1.29, 1.82) is 0 Å². The molecule has 0 bridgehead atoms. The van der Waals surface area contributed by atoms with Crippen molar-refractivity contribution >= 4 is 22.4 Å². The lowest BCUT2D eigenvalue weighted by molar-refractivity contribution is 0.0767. The first-order chi connectivity index (χ1) is 17.0. The minimum absolute atomic E-state index is 0.155. The maximum absolute atomic E-state index is 12.4. The monoisotopic (exact) mass is 467 g/mol. The number of hydrogen-bond acceptors (Lipinski definition) is 4. The van der Waals surface area contributed by atoms with Crippen molar-refractivity contribution in [3.05, 3.63) is 76.5 Å². The number of primary amides is 1. The van der Waals surface area contributed by atoms with E-state index in [-0.39, 0.29) is 5.41 Å². The largest absolute Gasteiger partial charge is 0.492 e. The van der Waals surface area contributed by atoms with E-state index in [1.54, 1.807) is 0 Å². The van der Waals surface area contributed by atoms with Crippen LogP contribution < -0.4 is 10.5 Å². The van der Waals surface area contributed by atoms with Crippen molar-refractivity contribution in [3.63, 3.8) is 0 Å². The highest BCUT2D eigenvalue weighted by atomic mass is 16.5. The summed E-state index contributed by atoms with van der Waals surface area (Å²) >= 11 is 0. The van der Waals surface area contributed by atoms with E-state index >= 15 is 0 Å². The van der Waals surface area contributed by atoms with Gasteiger partial charge in [-0.25, -0.2) is 0 Å². The molecule has 2 aliphatic carbocycles. The molecule has 3 aromatic rings. The predicted octanol–water partition coefficient (Wildman–Crippen LogP) is 5.37. The Bertz CT molecular complexity index is 1360. The molecule has 3 aliphatic rings. The molecule has 1 saturated heterocycles. The zero-order chi connectivity index (χ0) is 24.2. The van der Waals surface area contributed by atoms with Crippen molar-refractivity contribution in [2.75, 3.05) is 20.2 Å². The standard InChI is InChI=1S/C30H33N3O2/c1-19-25(29(31)34)16-23(35-18-22-9-13-33(22)2)17-26(19)30(10-11-30)27-14-21(20-6-3-4-7-20)15-28-24(27)8-5-12-32-28/h5-6,8,12,14-17,22H,3-4,7,9-11,13,18H2,1-2H3,(H2,31,34). The van der Waals surface area contributed by atoms with Gasteiger partial charge in [-0.2, -0.15) is 0 Å². The molecule has 1 saturated carbocycles. The Morgan fingerprint density at radius 3 is 2.74 bits per heavy atom. The number of carbonyl (C=O) groups is 1. The van der Waals surface area contributed by atoms with Crippen molar-refractivity contribution in [1.82, 2.24) is 9.88 Å². The first kappa shape index (κ1) is 22.3. The van der Waals surface area contributed by atoms with E-state index in [0.717, 1.165) is 61.0 Å². The van der Waals surface area contributed by atoms with Crippen LogP contribution in [0, 0.1) is 6.92 Å². The van der Waals surface area contributed by atoms with E-state index in [4.69, 9.17) is 15.5 Å². The van der Waals surface area contributed by atoms with E-state index in [1.807, 2.05) is 25.3 Å². The third kappa shape index (κ3) is 3.82. The van der Waals surface area contributed by atoms with Gasteiger partial charge in [-0.15, -0.1) is 0 Å². The van der Waals surface area contributed by atoms with Gasteiger partial charge in [0.2, 0.25) is 5.91 Å². The maximum Gasteiger partial charge on any atom is 0.249 e. The number of fused-ring (bicyclic) bond motifs is 1. The van der Waals surface area contributed by atoms with Crippen LogP contribution >= 0.6 is 0 Å². The number of allylic oxidation sites excluding steroid dienone is 2. The topological polar surface area (TPSA) is 68.5 Å². The number of nitrogens with two attached hydrogens (primary N) is 1. The van der Waals surface area contributed by atoms with Crippen LogP contribution in [0.4, 0.5) is 0 Å². The molecule has 1 amide bonds. The fraction of sp³-hybridized carbons (Fsp3) is 0.400. The SMILES string of the molecule is Cc1c(C(N)=O)cc(OCC2CCN2C)cc1C1(c2cc(C3=CCCC3)cc3ncccc23)CC1. The summed E-state index contributed by atoms with van der Waals surface area (Å²) in [6.07, 6.45) is 10.9. The fourth-order valence-corrected chi connectivity index (χ4v) is 6.00. The number of carbonyl (C=O) groups excluding carboxylic acids is 1. The predicted molar refractivity (Wildman–Crippen MR) is 140 cm³/mol. The van der Waals surface area contributed by atoms with Gasteiger partial charge in [0, 0.05) is 28.6 Å². The van der Waals surface area contributed by atoms with Gasteiger partial charge in [-0.3, -0.25) is 14.7 Å². The molecule has 2 aromatic carbocycles. The lowest BCUT2D eigenvalue weighted by Gasteiger charge is -2.37. The molecule has 2 fully saturated rings. The van der Waals surface area contributed by atoms with Gasteiger partial charge in [0.05, 0.1) is 5.52 Å². The minimum Gasteiger partial charge on any atom is -0.492 e. The number of amides is 1. The quantitative estimate of drug-likeness (QED) is 0.507. The molecule has 5 nitrogen and oxygen atoms in total. The van der Waals surface area contributed by atoms with Gasteiger partial charge in [0.15, 0.2) is 0 Å². The Morgan fingerprint density at radius 2 is 2.09 bits per heavy atom. The molecule has 2 N–H and O–H groups in total. The van der Waals surface area contributed by atoms with Crippen LogP contribution in [0.1, 0.15) is 71.1 Å². The zero-order valence-corrected chi connectivity index (χ0v) is 20.6. The molecule has 6 rings (SSSR count). The first-order valence-electron chi connectivity index (χ1n) is 12.8. The molecule has 1 aliphatic heterocycles. The van der Waals surface area contributed by atoms with Gasteiger partial charge < -0.3 is 10.5 Å². The number of likely N-dealkylation sites (tertiary alicyclic amines) is 1. The summed E-state index contributed by atoms with van der Waals surface area (Å²) in [5.74, 6) is 0.338. The van der Waals surface area contributed by atoms with Gasteiger partial charge in [0.25, 0.3) is 0 Å². The summed E-state index contributed by atoms with van der Waals surface area (Å²) in [7, 11) is 2.12. The molecule has 180 valence electrons. The summed E-state index contributed by atoms with van der Waals surface area (Å²) < 4.78 is 6.25. The van der Waals surface area contributed by atoms with Crippen LogP contribution in [0.5, 0.6) is 5.75 Å². The van der Waals surface area contributed by atoms with E-state index in [0.29, 0.717) is 18.2 Å². The number of aromatic nitrogens is 1. The Hall–Kier alpha value is -3.18. The van der Waals surface area contributed by atoms with Gasteiger partial charge in [0.1, 0.15) is 12.4 Å². The fourth-order valence-electron chi connectivity index (χ4n) is 6.00. The highest BCUT2D eigenvalue weighted by molar-refractivity contribution is 5.96. The lowest BCUT2D eigenvalue weighted by atomic mass is 9.80. The number of rotatable bonds is 7. The molecule has 0 radical (unpaired) electrons. The summed E-state index contributed by atoms with van der Waals surface area (Å²) in [5, 5.41) is 1.19.